The Balaban J connectivity index is 3.02. The average Bonchev–Trinajstić information content (AvgIpc) is 0.722. The van der Waals surface area contributed by atoms with Crippen LogP contribution in [0.3, 0.4) is 0 Å². The molecule has 0 amide bonds. The van der Waals surface area contributed by atoms with Crippen molar-refractivity contribution < 1.29 is 0 Å². The summed E-state index contributed by atoms with van der Waals surface area (Å²) in [6, 6.07) is 0. The van der Waals surface area contributed by atoms with Crippen molar-refractivity contribution in [2.45, 2.75) is 23.0 Å². The third-order valence-electron chi connectivity index (χ3n) is 0. The van der Waals surface area contributed by atoms with Crippen molar-refractivity contribution in [1.29, 1.82) is 0 Å². The van der Waals surface area contributed by atoms with Gasteiger partial charge in [0.1, 0.15) is 0 Å². The average molecular weight is 133 g/mol. The number of hydrogen-bond donors (Lipinski definition) is 0. The standard InChI is InChI=1S/C4H12Ge/c1-5(2,3)4/h1-4H3. The molecule has 0 spiro atoms. The second-order valence-electron chi connectivity index (χ2n) is 3.00. The second-order valence-corrected chi connectivity index (χ2v) is 15.6. The molecule has 0 aliphatic rings. The van der Waals surface area contributed by atoms with Gasteiger partial charge in [-0.05, 0) is 0 Å². The van der Waals surface area contributed by atoms with Crippen molar-refractivity contribution in [3.8, 4) is 0 Å². The van der Waals surface area contributed by atoms with Crippen molar-refractivity contribution in [3.05, 3.63) is 0 Å². The molecule has 0 aromatic heterocycles. The monoisotopic (exact) mass is 134 g/mol. The van der Waals surface area contributed by atoms with Gasteiger partial charge in [0.25, 0.3) is 0 Å². The van der Waals surface area contributed by atoms with E-state index in [0.29, 0.717) is 0 Å². The van der Waals surface area contributed by atoms with E-state index in [-0.39, 0.29) is 0 Å². The van der Waals surface area contributed by atoms with Gasteiger partial charge in [-0.1, -0.05) is 0 Å². The summed E-state index contributed by atoms with van der Waals surface area (Å²) in [5.41, 5.74) is 0. The summed E-state index contributed by atoms with van der Waals surface area (Å²) in [6.07, 6.45) is 0. The Morgan fingerprint density at radius 2 is 0.800 bits per heavy atom. The van der Waals surface area contributed by atoms with Crippen molar-refractivity contribution in [3.63, 3.8) is 0 Å². The molecule has 0 aromatic rings. The van der Waals surface area contributed by atoms with E-state index in [1.807, 2.05) is 0 Å². The van der Waals surface area contributed by atoms with E-state index < -0.39 is 13.3 Å². The molecule has 0 bridgehead atoms. The SMILES string of the molecule is [CH3][Ge]([CH3])([CH3])[CH3]. The number of rotatable bonds is 0. The van der Waals surface area contributed by atoms with E-state index in [0.717, 1.165) is 0 Å². The van der Waals surface area contributed by atoms with Crippen LogP contribution in [0, 0.1) is 0 Å². The predicted molar refractivity (Wildman–Crippen MR) is 29.2 cm³/mol. The normalized spacial score (nSPS) is 12.0. The summed E-state index contributed by atoms with van der Waals surface area (Å²) < 4.78 is 0. The Labute approximate surface area is 36.9 Å². The molecule has 0 aliphatic heterocycles. The molecule has 0 aromatic carbocycles. The first kappa shape index (κ1) is 5.54. The van der Waals surface area contributed by atoms with Crippen LogP contribution in [0.5, 0.6) is 0 Å². The van der Waals surface area contributed by atoms with Crippen molar-refractivity contribution in [2.75, 3.05) is 0 Å². The van der Waals surface area contributed by atoms with E-state index in [1.165, 1.54) is 0 Å². The molecule has 0 aliphatic carbocycles. The first-order valence-corrected chi connectivity index (χ1v) is 10.4. The minimum atomic E-state index is -1.00. The van der Waals surface area contributed by atoms with Crippen LogP contribution < -0.4 is 0 Å². The maximum atomic E-state index is 2.38. The molecular weight excluding hydrogens is 121 g/mol. The Bertz CT molecular complexity index is 19.1. The van der Waals surface area contributed by atoms with E-state index in [4.69, 9.17) is 0 Å². The molecule has 0 heterocycles. The van der Waals surface area contributed by atoms with Gasteiger partial charge in [-0.3, -0.25) is 0 Å². The Morgan fingerprint density at radius 1 is 0.800 bits per heavy atom. The Morgan fingerprint density at radius 3 is 0.800 bits per heavy atom. The molecule has 0 nitrogen and oxygen atoms in total. The fourth-order valence-electron chi connectivity index (χ4n) is 0. The van der Waals surface area contributed by atoms with Crippen LogP contribution in [-0.4, -0.2) is 13.3 Å². The van der Waals surface area contributed by atoms with Gasteiger partial charge in [0.15, 0.2) is 0 Å². The van der Waals surface area contributed by atoms with Crippen LogP contribution >= 0.6 is 0 Å². The molecule has 0 saturated heterocycles. The fourth-order valence-corrected chi connectivity index (χ4v) is 0. The molecular formula is C4H12Ge. The van der Waals surface area contributed by atoms with Crippen LogP contribution in [0.1, 0.15) is 0 Å². The van der Waals surface area contributed by atoms with Gasteiger partial charge < -0.3 is 0 Å². The van der Waals surface area contributed by atoms with Gasteiger partial charge in [0.05, 0.1) is 0 Å². The summed E-state index contributed by atoms with van der Waals surface area (Å²) >= 11 is -1.00. The topological polar surface area (TPSA) is 0 Å². The van der Waals surface area contributed by atoms with Gasteiger partial charge in [-0.2, -0.15) is 0 Å². The molecule has 0 saturated carbocycles. The predicted octanol–water partition coefficient (Wildman–Crippen LogP) is 1.95. The first-order valence-electron chi connectivity index (χ1n) is 2.00. The molecule has 5 heavy (non-hydrogen) atoms. The molecule has 0 radical (unpaired) electrons. The maximum absolute atomic E-state index is 2.38. The van der Waals surface area contributed by atoms with Crippen LogP contribution in [-0.2, 0) is 0 Å². The van der Waals surface area contributed by atoms with Crippen molar-refractivity contribution >= 4 is 13.3 Å². The van der Waals surface area contributed by atoms with E-state index in [2.05, 4.69) is 23.0 Å². The fraction of sp³-hybridized carbons (Fsp3) is 1.00. The third-order valence-corrected chi connectivity index (χ3v) is 0. The zero-order chi connectivity index (χ0) is 4.50. The summed E-state index contributed by atoms with van der Waals surface area (Å²) in [7, 11) is 0. The first-order chi connectivity index (χ1) is 2.00. The van der Waals surface area contributed by atoms with Gasteiger partial charge >= 0.3 is 36.3 Å². The quantitative estimate of drug-likeness (QED) is 0.442. The molecule has 32 valence electrons. The summed E-state index contributed by atoms with van der Waals surface area (Å²) in [6.45, 7) is 0. The molecule has 0 unspecified atom stereocenters. The van der Waals surface area contributed by atoms with Crippen molar-refractivity contribution in [1.82, 2.24) is 0 Å². The van der Waals surface area contributed by atoms with Gasteiger partial charge in [-0.25, -0.2) is 0 Å². The molecule has 1 heteroatoms. The van der Waals surface area contributed by atoms with E-state index in [9.17, 15) is 0 Å². The van der Waals surface area contributed by atoms with Gasteiger partial charge in [-0.15, -0.1) is 0 Å². The minimum absolute atomic E-state index is 1.00. The molecule has 0 fully saturated rings. The Kier molecular flexibility index (Phi) is 1.48. The molecule has 0 rings (SSSR count). The zero-order valence-electron chi connectivity index (χ0n) is 4.50. The van der Waals surface area contributed by atoms with Gasteiger partial charge in [0, 0.05) is 0 Å². The Hall–Kier alpha value is 0.543. The molecule has 0 atom stereocenters. The number of hydrogen-bond acceptors (Lipinski definition) is 0. The van der Waals surface area contributed by atoms with E-state index in [1.54, 1.807) is 0 Å². The third kappa shape index (κ3) is 99.7. The van der Waals surface area contributed by atoms with Crippen LogP contribution in [0.4, 0.5) is 0 Å². The van der Waals surface area contributed by atoms with Crippen LogP contribution in [0.2, 0.25) is 23.0 Å². The zero-order valence-corrected chi connectivity index (χ0v) is 6.60. The second kappa shape index (κ2) is 1.33. The van der Waals surface area contributed by atoms with E-state index >= 15 is 0 Å². The molecule has 0 N–H and O–H groups in total. The summed E-state index contributed by atoms with van der Waals surface area (Å²) in [4.78, 5) is 0. The summed E-state index contributed by atoms with van der Waals surface area (Å²) in [5.74, 6) is 9.50. The van der Waals surface area contributed by atoms with Gasteiger partial charge in [0.2, 0.25) is 0 Å². The van der Waals surface area contributed by atoms with Crippen molar-refractivity contribution in [2.24, 2.45) is 0 Å². The van der Waals surface area contributed by atoms with Crippen LogP contribution in [0.15, 0.2) is 0 Å². The summed E-state index contributed by atoms with van der Waals surface area (Å²) in [5, 5.41) is 0. The van der Waals surface area contributed by atoms with Crippen LogP contribution in [0.25, 0.3) is 0 Å².